The van der Waals surface area contributed by atoms with Gasteiger partial charge in [-0.3, -0.25) is 9.59 Å². The number of hydrogen-bond donors (Lipinski definition) is 1. The molecule has 1 fully saturated rings. The number of amides is 2. The van der Waals surface area contributed by atoms with Crippen molar-refractivity contribution in [2.24, 2.45) is 5.73 Å². The quantitative estimate of drug-likeness (QED) is 0.856. The second-order valence-electron chi connectivity index (χ2n) is 4.43. The first-order valence-corrected chi connectivity index (χ1v) is 5.82. The van der Waals surface area contributed by atoms with Crippen LogP contribution < -0.4 is 5.73 Å². The maximum absolute atomic E-state index is 13.2. The molecule has 0 unspecified atom stereocenters. The molecule has 0 aliphatic carbocycles. The zero-order valence-electron chi connectivity index (χ0n) is 9.84. The molecule has 0 spiro atoms. The number of likely N-dealkylation sites (tertiary alicyclic amines) is 1. The molecule has 2 atom stereocenters. The zero-order chi connectivity index (χ0) is 13.1. The number of carbonyl (C=O) groups excluding carboxylic acids is 2. The molecule has 98 valence electrons. The summed E-state index contributed by atoms with van der Waals surface area (Å²) in [5.41, 5.74) is 6.06. The van der Waals surface area contributed by atoms with Crippen LogP contribution in [0.4, 0.5) is 4.39 Å². The molecule has 6 heteroatoms. The minimum atomic E-state index is -1.17. The Kier molecular flexibility index (Phi) is 3.64. The Labute approximate surface area is 104 Å². The summed E-state index contributed by atoms with van der Waals surface area (Å²) in [4.78, 5) is 24.3. The minimum absolute atomic E-state index is 0.00673. The van der Waals surface area contributed by atoms with Gasteiger partial charge in [-0.1, -0.05) is 0 Å². The molecular formula is C12H15FN2O3. The number of aryl methyl sites for hydroxylation is 1. The third-order valence-corrected chi connectivity index (χ3v) is 3.11. The van der Waals surface area contributed by atoms with E-state index in [1.807, 2.05) is 0 Å². The third kappa shape index (κ3) is 2.69. The lowest BCUT2D eigenvalue weighted by molar-refractivity contribution is -0.137. The predicted molar refractivity (Wildman–Crippen MR) is 61.2 cm³/mol. The summed E-state index contributed by atoms with van der Waals surface area (Å²) in [6.45, 7) is -0.0438. The standard InChI is InChI=1S/C12H15FN2O3/c13-9-5-10(12(14)17)15(6-9)11(16)2-1-8-3-4-18-7-8/h3-4,7,9-10H,1-2,5-6H2,(H2,14,17)/t9-,10+/m1/s1. The van der Waals surface area contributed by atoms with Gasteiger partial charge in [-0.05, 0) is 18.1 Å². The largest absolute Gasteiger partial charge is 0.472 e. The van der Waals surface area contributed by atoms with Crippen molar-refractivity contribution < 1.29 is 18.4 Å². The lowest BCUT2D eigenvalue weighted by Gasteiger charge is -2.21. The second-order valence-corrected chi connectivity index (χ2v) is 4.43. The zero-order valence-corrected chi connectivity index (χ0v) is 9.84. The Morgan fingerprint density at radius 2 is 2.33 bits per heavy atom. The van der Waals surface area contributed by atoms with E-state index in [-0.39, 0.29) is 25.3 Å². The van der Waals surface area contributed by atoms with Crippen molar-refractivity contribution in [1.82, 2.24) is 4.90 Å². The molecule has 2 N–H and O–H groups in total. The Bertz CT molecular complexity index is 433. The Balaban J connectivity index is 1.93. The van der Waals surface area contributed by atoms with E-state index in [0.717, 1.165) is 5.56 Å². The highest BCUT2D eigenvalue weighted by Gasteiger charge is 2.38. The first-order chi connectivity index (χ1) is 8.58. The topological polar surface area (TPSA) is 76.5 Å². The van der Waals surface area contributed by atoms with Gasteiger partial charge in [0.15, 0.2) is 0 Å². The fourth-order valence-corrected chi connectivity index (χ4v) is 2.16. The molecule has 18 heavy (non-hydrogen) atoms. The van der Waals surface area contributed by atoms with Crippen LogP contribution in [-0.2, 0) is 16.0 Å². The molecule has 2 rings (SSSR count). The van der Waals surface area contributed by atoms with Gasteiger partial charge in [-0.15, -0.1) is 0 Å². The van der Waals surface area contributed by atoms with E-state index in [9.17, 15) is 14.0 Å². The molecule has 1 aliphatic rings. The van der Waals surface area contributed by atoms with Gasteiger partial charge in [-0.2, -0.15) is 0 Å². The number of carbonyl (C=O) groups is 2. The molecule has 2 amide bonds. The highest BCUT2D eigenvalue weighted by atomic mass is 19.1. The van der Waals surface area contributed by atoms with Crippen LogP contribution >= 0.6 is 0 Å². The first-order valence-electron chi connectivity index (χ1n) is 5.82. The van der Waals surface area contributed by atoms with Crippen molar-refractivity contribution in [3.63, 3.8) is 0 Å². The molecule has 5 nitrogen and oxygen atoms in total. The van der Waals surface area contributed by atoms with Gasteiger partial charge in [0.2, 0.25) is 11.8 Å². The van der Waals surface area contributed by atoms with Crippen molar-refractivity contribution >= 4 is 11.8 Å². The van der Waals surface area contributed by atoms with Crippen molar-refractivity contribution in [1.29, 1.82) is 0 Å². The van der Waals surface area contributed by atoms with Gasteiger partial charge in [-0.25, -0.2) is 4.39 Å². The third-order valence-electron chi connectivity index (χ3n) is 3.11. The number of nitrogens with two attached hydrogens (primary N) is 1. The van der Waals surface area contributed by atoms with Crippen LogP contribution in [0.1, 0.15) is 18.4 Å². The van der Waals surface area contributed by atoms with Crippen LogP contribution in [-0.4, -0.2) is 35.5 Å². The number of furan rings is 1. The molecule has 0 radical (unpaired) electrons. The molecule has 1 saturated heterocycles. The smallest absolute Gasteiger partial charge is 0.240 e. The van der Waals surface area contributed by atoms with Gasteiger partial charge >= 0.3 is 0 Å². The van der Waals surface area contributed by atoms with E-state index in [1.165, 1.54) is 11.2 Å². The fraction of sp³-hybridized carbons (Fsp3) is 0.500. The lowest BCUT2D eigenvalue weighted by atomic mass is 10.1. The highest BCUT2D eigenvalue weighted by Crippen LogP contribution is 2.21. The maximum Gasteiger partial charge on any atom is 0.240 e. The fourth-order valence-electron chi connectivity index (χ4n) is 2.16. The normalized spacial score (nSPS) is 23.3. The molecule has 1 aromatic rings. The van der Waals surface area contributed by atoms with Gasteiger partial charge in [0.1, 0.15) is 12.2 Å². The maximum atomic E-state index is 13.2. The van der Waals surface area contributed by atoms with Gasteiger partial charge in [0.05, 0.1) is 19.1 Å². The number of nitrogens with zero attached hydrogens (tertiary/aromatic N) is 1. The summed E-state index contributed by atoms with van der Waals surface area (Å²) in [6.07, 6.45) is 2.65. The van der Waals surface area contributed by atoms with Crippen molar-refractivity contribution in [2.75, 3.05) is 6.54 Å². The highest BCUT2D eigenvalue weighted by molar-refractivity contribution is 5.87. The van der Waals surface area contributed by atoms with Crippen molar-refractivity contribution in [2.45, 2.75) is 31.5 Å². The number of alkyl halides is 1. The molecule has 1 aromatic heterocycles. The monoisotopic (exact) mass is 254 g/mol. The summed E-state index contributed by atoms with van der Waals surface area (Å²) in [7, 11) is 0. The second kappa shape index (κ2) is 5.20. The Morgan fingerprint density at radius 3 is 2.94 bits per heavy atom. The molecule has 0 saturated carbocycles. The average molecular weight is 254 g/mol. The summed E-state index contributed by atoms with van der Waals surface area (Å²) < 4.78 is 18.1. The van der Waals surface area contributed by atoms with Crippen LogP contribution in [0.25, 0.3) is 0 Å². The number of rotatable bonds is 4. The predicted octanol–water partition coefficient (Wildman–Crippen LogP) is 0.636. The molecule has 0 aromatic carbocycles. The van der Waals surface area contributed by atoms with Gasteiger partial charge in [0.25, 0.3) is 0 Å². The molecular weight excluding hydrogens is 239 g/mol. The first kappa shape index (κ1) is 12.6. The van der Waals surface area contributed by atoms with E-state index < -0.39 is 18.1 Å². The lowest BCUT2D eigenvalue weighted by Crippen LogP contribution is -2.43. The molecule has 0 bridgehead atoms. The van der Waals surface area contributed by atoms with Crippen LogP contribution in [0.3, 0.4) is 0 Å². The van der Waals surface area contributed by atoms with Crippen LogP contribution in [0.15, 0.2) is 23.0 Å². The summed E-state index contributed by atoms with van der Waals surface area (Å²) in [6, 6.07) is 0.956. The van der Waals surface area contributed by atoms with Crippen LogP contribution in [0.5, 0.6) is 0 Å². The van der Waals surface area contributed by atoms with Crippen LogP contribution in [0.2, 0.25) is 0 Å². The van der Waals surface area contributed by atoms with Crippen molar-refractivity contribution in [3.05, 3.63) is 24.2 Å². The van der Waals surface area contributed by atoms with E-state index in [2.05, 4.69) is 0 Å². The SMILES string of the molecule is NC(=O)[C@@H]1C[C@@H](F)CN1C(=O)CCc1ccoc1. The molecule has 2 heterocycles. The Morgan fingerprint density at radius 1 is 1.56 bits per heavy atom. The van der Waals surface area contributed by atoms with E-state index in [1.54, 1.807) is 12.3 Å². The summed E-state index contributed by atoms with van der Waals surface area (Å²) in [5, 5.41) is 0. The number of halogens is 1. The summed E-state index contributed by atoms with van der Waals surface area (Å²) >= 11 is 0. The van der Waals surface area contributed by atoms with E-state index >= 15 is 0 Å². The van der Waals surface area contributed by atoms with E-state index in [4.69, 9.17) is 10.2 Å². The number of primary amides is 1. The average Bonchev–Trinajstić information content (AvgIpc) is 2.94. The van der Waals surface area contributed by atoms with Crippen molar-refractivity contribution in [3.8, 4) is 0 Å². The van der Waals surface area contributed by atoms with Gasteiger partial charge < -0.3 is 15.1 Å². The number of hydrogen-bond acceptors (Lipinski definition) is 3. The summed E-state index contributed by atoms with van der Waals surface area (Å²) in [5.74, 6) is -0.896. The van der Waals surface area contributed by atoms with Crippen LogP contribution in [0, 0.1) is 0 Å². The van der Waals surface area contributed by atoms with E-state index in [0.29, 0.717) is 6.42 Å². The molecule has 1 aliphatic heterocycles. The Hall–Kier alpha value is -1.85. The minimum Gasteiger partial charge on any atom is -0.472 e. The van der Waals surface area contributed by atoms with Gasteiger partial charge in [0, 0.05) is 12.8 Å².